The van der Waals surface area contributed by atoms with Crippen LogP contribution in [0.5, 0.6) is 0 Å². The Labute approximate surface area is 141 Å². The van der Waals surface area contributed by atoms with Crippen LogP contribution >= 0.6 is 0 Å². The fraction of sp³-hybridized carbons (Fsp3) is 0.944. The van der Waals surface area contributed by atoms with Crippen LogP contribution in [0.4, 0.5) is 4.79 Å². The molecule has 3 atom stereocenters. The van der Waals surface area contributed by atoms with E-state index in [4.69, 9.17) is 10.5 Å². The van der Waals surface area contributed by atoms with E-state index < -0.39 is 5.60 Å². The minimum absolute atomic E-state index is 0.207. The first-order valence-corrected chi connectivity index (χ1v) is 9.13. The van der Waals surface area contributed by atoms with Gasteiger partial charge in [-0.1, -0.05) is 13.8 Å². The maximum atomic E-state index is 12.3. The lowest BCUT2D eigenvalue weighted by atomic mass is 9.79. The smallest absolute Gasteiger partial charge is 0.410 e. The van der Waals surface area contributed by atoms with E-state index in [2.05, 4.69) is 18.7 Å². The van der Waals surface area contributed by atoms with Crippen molar-refractivity contribution in [2.45, 2.75) is 71.6 Å². The standard InChI is InChI=1S/C18H35N3O2/c1-13-8-14(2)10-15(9-13)21-7-6-20(12-16(21)11-19)17(22)23-18(3,4)5/h13-16H,6-12,19H2,1-5H3. The van der Waals surface area contributed by atoms with E-state index in [0.717, 1.165) is 24.9 Å². The van der Waals surface area contributed by atoms with Gasteiger partial charge in [-0.25, -0.2) is 4.79 Å². The highest BCUT2D eigenvalue weighted by Gasteiger charge is 2.37. The molecule has 23 heavy (non-hydrogen) atoms. The maximum absolute atomic E-state index is 12.3. The molecule has 1 aliphatic carbocycles. The highest BCUT2D eigenvalue weighted by Crippen LogP contribution is 2.33. The Morgan fingerprint density at radius 1 is 1.13 bits per heavy atom. The van der Waals surface area contributed by atoms with Crippen molar-refractivity contribution in [1.29, 1.82) is 0 Å². The first kappa shape index (κ1) is 18.5. The summed E-state index contributed by atoms with van der Waals surface area (Å²) in [4.78, 5) is 16.7. The van der Waals surface area contributed by atoms with Crippen molar-refractivity contribution in [2.24, 2.45) is 17.6 Å². The summed E-state index contributed by atoms with van der Waals surface area (Å²) in [6.45, 7) is 13.4. The summed E-state index contributed by atoms with van der Waals surface area (Å²) in [5, 5.41) is 0. The highest BCUT2D eigenvalue weighted by atomic mass is 16.6. The number of carbonyl (C=O) groups is 1. The number of piperazine rings is 1. The Morgan fingerprint density at radius 2 is 1.74 bits per heavy atom. The molecule has 2 N–H and O–H groups in total. The SMILES string of the molecule is CC1CC(C)CC(N2CCN(C(=O)OC(C)(C)C)CC2CN)C1. The quantitative estimate of drug-likeness (QED) is 0.848. The molecular weight excluding hydrogens is 290 g/mol. The highest BCUT2D eigenvalue weighted by molar-refractivity contribution is 5.68. The van der Waals surface area contributed by atoms with Gasteiger partial charge in [0.15, 0.2) is 0 Å². The topological polar surface area (TPSA) is 58.8 Å². The van der Waals surface area contributed by atoms with E-state index in [1.807, 2.05) is 25.7 Å². The van der Waals surface area contributed by atoms with Crippen molar-refractivity contribution in [3.8, 4) is 0 Å². The average molecular weight is 325 g/mol. The minimum atomic E-state index is -0.444. The van der Waals surface area contributed by atoms with Crippen molar-refractivity contribution < 1.29 is 9.53 Å². The lowest BCUT2D eigenvalue weighted by molar-refractivity contribution is -0.0131. The van der Waals surface area contributed by atoms with Gasteiger partial charge in [0.25, 0.3) is 0 Å². The van der Waals surface area contributed by atoms with Crippen molar-refractivity contribution in [2.75, 3.05) is 26.2 Å². The number of amides is 1. The summed E-state index contributed by atoms with van der Waals surface area (Å²) < 4.78 is 5.51. The van der Waals surface area contributed by atoms with Gasteiger partial charge >= 0.3 is 6.09 Å². The molecule has 134 valence electrons. The van der Waals surface area contributed by atoms with Crippen molar-refractivity contribution in [3.63, 3.8) is 0 Å². The summed E-state index contributed by atoms with van der Waals surface area (Å²) in [6, 6.07) is 0.863. The molecule has 1 saturated carbocycles. The second-order valence-corrected chi connectivity index (χ2v) is 8.62. The van der Waals surface area contributed by atoms with Crippen LogP contribution in [-0.2, 0) is 4.74 Å². The minimum Gasteiger partial charge on any atom is -0.444 e. The van der Waals surface area contributed by atoms with Gasteiger partial charge in [0, 0.05) is 38.3 Å². The van der Waals surface area contributed by atoms with Crippen LogP contribution in [0.2, 0.25) is 0 Å². The molecule has 3 unspecified atom stereocenters. The van der Waals surface area contributed by atoms with E-state index in [1.54, 1.807) is 0 Å². The van der Waals surface area contributed by atoms with Gasteiger partial charge in [-0.3, -0.25) is 4.90 Å². The van der Waals surface area contributed by atoms with Gasteiger partial charge in [-0.05, 0) is 51.9 Å². The van der Waals surface area contributed by atoms with Crippen LogP contribution in [0.3, 0.4) is 0 Å². The molecule has 5 heteroatoms. The lowest BCUT2D eigenvalue weighted by Crippen LogP contribution is -2.61. The van der Waals surface area contributed by atoms with Gasteiger partial charge in [0.05, 0.1) is 0 Å². The fourth-order valence-electron chi connectivity index (χ4n) is 4.23. The van der Waals surface area contributed by atoms with Crippen LogP contribution in [0.1, 0.15) is 53.9 Å². The third kappa shape index (κ3) is 5.08. The number of nitrogens with two attached hydrogens (primary N) is 1. The summed E-state index contributed by atoms with van der Waals surface area (Å²) >= 11 is 0. The summed E-state index contributed by atoms with van der Waals surface area (Å²) in [6.07, 6.45) is 3.64. The van der Waals surface area contributed by atoms with Crippen LogP contribution in [0.15, 0.2) is 0 Å². The maximum Gasteiger partial charge on any atom is 0.410 e. The number of hydrogen-bond acceptors (Lipinski definition) is 4. The second-order valence-electron chi connectivity index (χ2n) is 8.62. The van der Waals surface area contributed by atoms with Crippen LogP contribution < -0.4 is 5.73 Å². The van der Waals surface area contributed by atoms with E-state index in [9.17, 15) is 4.79 Å². The Hall–Kier alpha value is -0.810. The van der Waals surface area contributed by atoms with Crippen molar-refractivity contribution >= 4 is 6.09 Å². The molecule has 1 heterocycles. The molecule has 5 nitrogen and oxygen atoms in total. The first-order chi connectivity index (χ1) is 10.7. The molecule has 0 bridgehead atoms. The van der Waals surface area contributed by atoms with Gasteiger partial charge in [-0.15, -0.1) is 0 Å². The third-order valence-corrected chi connectivity index (χ3v) is 5.07. The molecule has 1 saturated heterocycles. The molecule has 0 spiro atoms. The van der Waals surface area contributed by atoms with Gasteiger partial charge in [0.2, 0.25) is 0 Å². The van der Waals surface area contributed by atoms with Gasteiger partial charge < -0.3 is 15.4 Å². The lowest BCUT2D eigenvalue weighted by Gasteiger charge is -2.47. The number of hydrogen-bond donors (Lipinski definition) is 1. The predicted molar refractivity (Wildman–Crippen MR) is 93.3 cm³/mol. The van der Waals surface area contributed by atoms with Crippen LogP contribution in [0.25, 0.3) is 0 Å². The summed E-state index contributed by atoms with van der Waals surface area (Å²) in [7, 11) is 0. The van der Waals surface area contributed by atoms with Gasteiger partial charge in [0.1, 0.15) is 5.60 Å². The average Bonchev–Trinajstić information content (AvgIpc) is 2.43. The molecule has 0 aromatic heterocycles. The van der Waals surface area contributed by atoms with Crippen LogP contribution in [-0.4, -0.2) is 59.8 Å². The van der Waals surface area contributed by atoms with E-state index in [-0.39, 0.29) is 12.1 Å². The molecule has 0 aromatic carbocycles. The monoisotopic (exact) mass is 325 g/mol. The number of nitrogens with zero attached hydrogens (tertiary/aromatic N) is 2. The Bertz CT molecular complexity index is 398. The molecule has 2 fully saturated rings. The molecule has 2 rings (SSSR count). The molecule has 1 amide bonds. The Kier molecular flexibility index (Phi) is 5.95. The normalized spacial score (nSPS) is 33.6. The number of carbonyl (C=O) groups excluding carboxylic acids is 1. The zero-order valence-electron chi connectivity index (χ0n) is 15.5. The fourth-order valence-corrected chi connectivity index (χ4v) is 4.23. The summed E-state index contributed by atoms with van der Waals surface area (Å²) in [5.74, 6) is 1.57. The Balaban J connectivity index is 1.97. The van der Waals surface area contributed by atoms with E-state index in [0.29, 0.717) is 19.1 Å². The number of ether oxygens (including phenoxy) is 1. The van der Waals surface area contributed by atoms with E-state index in [1.165, 1.54) is 19.3 Å². The molecule has 1 aliphatic heterocycles. The van der Waals surface area contributed by atoms with Crippen LogP contribution in [0, 0.1) is 11.8 Å². The summed E-state index contributed by atoms with van der Waals surface area (Å²) in [5.41, 5.74) is 5.60. The van der Waals surface area contributed by atoms with Gasteiger partial charge in [-0.2, -0.15) is 0 Å². The largest absolute Gasteiger partial charge is 0.444 e. The molecular formula is C18H35N3O2. The second kappa shape index (κ2) is 7.39. The van der Waals surface area contributed by atoms with Crippen molar-refractivity contribution in [3.05, 3.63) is 0 Å². The van der Waals surface area contributed by atoms with Crippen molar-refractivity contribution in [1.82, 2.24) is 9.80 Å². The first-order valence-electron chi connectivity index (χ1n) is 9.13. The zero-order valence-corrected chi connectivity index (χ0v) is 15.5. The molecule has 0 radical (unpaired) electrons. The zero-order chi connectivity index (χ0) is 17.2. The van der Waals surface area contributed by atoms with E-state index >= 15 is 0 Å². The predicted octanol–water partition coefficient (Wildman–Crippen LogP) is 2.69. The molecule has 0 aromatic rings. The molecule has 2 aliphatic rings. The number of rotatable bonds is 2. The third-order valence-electron chi connectivity index (χ3n) is 5.07. The Morgan fingerprint density at radius 3 is 2.26 bits per heavy atom.